The van der Waals surface area contributed by atoms with Crippen molar-refractivity contribution in [2.24, 2.45) is 0 Å². The first-order chi connectivity index (χ1) is 14.5. The lowest BCUT2D eigenvalue weighted by atomic mass is 9.83. The number of aromatic nitrogens is 1. The fourth-order valence-electron chi connectivity index (χ4n) is 5.50. The van der Waals surface area contributed by atoms with Crippen LogP contribution in [0.5, 0.6) is 0 Å². The summed E-state index contributed by atoms with van der Waals surface area (Å²) in [5.74, 6) is -3.29. The lowest BCUT2D eigenvalue weighted by Gasteiger charge is -2.34. The highest BCUT2D eigenvalue weighted by Crippen LogP contribution is 2.48. The van der Waals surface area contributed by atoms with E-state index in [0.29, 0.717) is 58.7 Å². The molecule has 31 heavy (non-hydrogen) atoms. The zero-order valence-corrected chi connectivity index (χ0v) is 18.4. The fraction of sp³-hybridized carbons (Fsp3) is 0.348. The second-order valence-electron chi connectivity index (χ2n) is 8.23. The molecule has 0 bridgehead atoms. The van der Waals surface area contributed by atoms with Gasteiger partial charge in [-0.15, -0.1) is 0 Å². The summed E-state index contributed by atoms with van der Waals surface area (Å²) in [5.41, 5.74) is 3.04. The minimum absolute atomic E-state index is 0.0448. The molecule has 0 spiro atoms. The summed E-state index contributed by atoms with van der Waals surface area (Å²) in [7, 11) is 0. The summed E-state index contributed by atoms with van der Waals surface area (Å²) in [5, 5.41) is 0. The van der Waals surface area contributed by atoms with Crippen LogP contribution >= 0.6 is 0 Å². The van der Waals surface area contributed by atoms with Gasteiger partial charge in [0.2, 0.25) is 0 Å². The number of benzene rings is 1. The van der Waals surface area contributed by atoms with Gasteiger partial charge in [-0.05, 0) is 50.4 Å². The highest BCUT2D eigenvalue weighted by Gasteiger charge is 2.57. The molecule has 0 unspecified atom stereocenters. The Morgan fingerprint density at radius 3 is 2.03 bits per heavy atom. The molecular formula is C23H24BF5N2. The van der Waals surface area contributed by atoms with E-state index in [4.69, 9.17) is 0 Å². The molecule has 0 aliphatic carbocycles. The second-order valence-corrected chi connectivity index (χ2v) is 8.23. The van der Waals surface area contributed by atoms with Crippen LogP contribution in [-0.4, -0.2) is 21.6 Å². The first-order valence-electron chi connectivity index (χ1n) is 10.4. The van der Waals surface area contributed by atoms with E-state index in [1.165, 1.54) is 0 Å². The van der Waals surface area contributed by atoms with Crippen molar-refractivity contribution in [1.29, 1.82) is 0 Å². The predicted molar refractivity (Wildman–Crippen MR) is 113 cm³/mol. The molecule has 4 rings (SSSR count). The lowest BCUT2D eigenvalue weighted by Crippen LogP contribution is -2.51. The quantitative estimate of drug-likeness (QED) is 0.396. The van der Waals surface area contributed by atoms with Crippen LogP contribution in [0.25, 0.3) is 5.57 Å². The van der Waals surface area contributed by atoms with Gasteiger partial charge < -0.3 is 17.6 Å². The van der Waals surface area contributed by atoms with Gasteiger partial charge in [0.15, 0.2) is 5.70 Å². The number of rotatable bonds is 3. The zero-order valence-electron chi connectivity index (χ0n) is 18.4. The number of hydrogen-bond donors (Lipinski definition) is 0. The summed E-state index contributed by atoms with van der Waals surface area (Å²) < 4.78 is 77.7. The van der Waals surface area contributed by atoms with Gasteiger partial charge in [0, 0.05) is 35.9 Å². The van der Waals surface area contributed by atoms with E-state index in [1.54, 1.807) is 27.7 Å². The molecule has 0 atom stereocenters. The Bertz CT molecular complexity index is 1220. The van der Waals surface area contributed by atoms with Crippen LogP contribution in [0.1, 0.15) is 62.2 Å². The molecule has 8 heteroatoms. The lowest BCUT2D eigenvalue weighted by molar-refractivity contribution is -0.363. The maximum Gasteiger partial charge on any atom is 0.737 e. The minimum Gasteiger partial charge on any atom is -0.393 e. The Labute approximate surface area is 178 Å². The summed E-state index contributed by atoms with van der Waals surface area (Å²) >= 11 is 0. The van der Waals surface area contributed by atoms with Gasteiger partial charge in [-0.3, -0.25) is 0 Å². The first-order valence-corrected chi connectivity index (χ1v) is 10.4. The van der Waals surface area contributed by atoms with Crippen LogP contribution in [0.4, 0.5) is 21.8 Å². The van der Waals surface area contributed by atoms with Gasteiger partial charge in [0.25, 0.3) is 0 Å². The molecule has 0 saturated carbocycles. The van der Waals surface area contributed by atoms with Gasteiger partial charge in [-0.25, -0.2) is 13.2 Å². The maximum atomic E-state index is 16.1. The van der Waals surface area contributed by atoms with Crippen molar-refractivity contribution in [3.8, 4) is 0 Å². The van der Waals surface area contributed by atoms with Crippen LogP contribution in [0.2, 0.25) is 0 Å². The van der Waals surface area contributed by atoms with E-state index in [-0.39, 0.29) is 17.0 Å². The van der Waals surface area contributed by atoms with Gasteiger partial charge in [-0.2, -0.15) is 0 Å². The van der Waals surface area contributed by atoms with Crippen molar-refractivity contribution in [1.82, 2.24) is 4.48 Å². The molecule has 2 aromatic rings. The fourth-order valence-corrected chi connectivity index (χ4v) is 5.50. The smallest absolute Gasteiger partial charge is 0.393 e. The Morgan fingerprint density at radius 1 is 0.935 bits per heavy atom. The van der Waals surface area contributed by atoms with E-state index in [1.807, 2.05) is 13.8 Å². The van der Waals surface area contributed by atoms with Crippen LogP contribution < -0.4 is 0 Å². The average Bonchev–Trinajstić information content (AvgIpc) is 3.08. The third-order valence-electron chi connectivity index (χ3n) is 6.75. The van der Waals surface area contributed by atoms with Gasteiger partial charge in [0.1, 0.15) is 23.2 Å². The van der Waals surface area contributed by atoms with Crippen molar-refractivity contribution in [2.75, 3.05) is 0 Å². The van der Waals surface area contributed by atoms with Crippen molar-refractivity contribution in [3.05, 3.63) is 74.5 Å². The third kappa shape index (κ3) is 2.66. The number of halogens is 5. The van der Waals surface area contributed by atoms with Gasteiger partial charge in [-0.1, -0.05) is 13.8 Å². The van der Waals surface area contributed by atoms with Crippen molar-refractivity contribution >= 4 is 18.3 Å². The number of nitrogens with zero attached hydrogens (tertiary/aromatic N) is 2. The Kier molecular flexibility index (Phi) is 4.83. The molecule has 2 aliphatic rings. The largest absolute Gasteiger partial charge is 0.737 e. The summed E-state index contributed by atoms with van der Waals surface area (Å²) in [6.07, 6.45) is 0.997. The summed E-state index contributed by atoms with van der Waals surface area (Å²) in [6, 6.07) is 1.19. The first kappa shape index (κ1) is 21.6. The van der Waals surface area contributed by atoms with Crippen LogP contribution in [0.3, 0.4) is 0 Å². The van der Waals surface area contributed by atoms with Crippen LogP contribution in [0.15, 0.2) is 29.0 Å². The van der Waals surface area contributed by atoms with E-state index in [9.17, 15) is 4.39 Å². The number of fused-ring (bicyclic) bond motifs is 2. The molecule has 164 valence electrons. The zero-order chi connectivity index (χ0) is 23.0. The van der Waals surface area contributed by atoms with Crippen molar-refractivity contribution < 1.29 is 26.3 Å². The minimum atomic E-state index is -4.29. The molecule has 0 saturated heterocycles. The molecule has 2 nitrogen and oxygen atoms in total. The molecular weight excluding hydrogens is 410 g/mol. The van der Waals surface area contributed by atoms with E-state index < -0.39 is 30.0 Å². The second kappa shape index (κ2) is 6.94. The molecule has 2 aliphatic heterocycles. The SMILES string of the molecule is CCC1=C(C)C2=C(c3c(F)cc(F)cc3F)c3c(C)c(CC)c(C)n3[B-](F)(F)[N+]2=C1C. The normalized spacial score (nSPS) is 17.6. The van der Waals surface area contributed by atoms with Crippen LogP contribution in [-0.2, 0) is 6.42 Å². The molecule has 0 fully saturated rings. The van der Waals surface area contributed by atoms with Gasteiger partial charge >= 0.3 is 6.97 Å². The Morgan fingerprint density at radius 2 is 1.52 bits per heavy atom. The monoisotopic (exact) mass is 434 g/mol. The average molecular weight is 434 g/mol. The Balaban J connectivity index is 2.29. The number of hydrogen-bond acceptors (Lipinski definition) is 0. The Hall–Kier alpha value is -2.64. The summed E-state index contributed by atoms with van der Waals surface area (Å²) in [4.78, 5) is 0. The maximum absolute atomic E-state index is 16.1. The van der Waals surface area contributed by atoms with Gasteiger partial charge in [0.05, 0.1) is 11.1 Å². The predicted octanol–water partition coefficient (Wildman–Crippen LogP) is 6.29. The topological polar surface area (TPSA) is 7.94 Å². The molecule has 0 radical (unpaired) electrons. The van der Waals surface area contributed by atoms with E-state index in [0.717, 1.165) is 8.96 Å². The number of allylic oxidation sites excluding steroid dienone is 2. The molecule has 1 aromatic carbocycles. The van der Waals surface area contributed by atoms with Crippen molar-refractivity contribution in [2.45, 2.75) is 54.4 Å². The highest BCUT2D eigenvalue weighted by molar-refractivity contribution is 6.58. The standard InChI is InChI=1S/C23H24BF5N2/c1-7-16-11(3)22-21(20-18(26)9-15(25)10-19(20)27)23-12(4)17(8-2)14(6)31(23)24(28,29)30(22)13(16)5/h9-10H,7-8H2,1-6H3. The van der Waals surface area contributed by atoms with Crippen LogP contribution in [0, 0.1) is 31.3 Å². The van der Waals surface area contributed by atoms with E-state index >= 15 is 17.4 Å². The summed E-state index contributed by atoms with van der Waals surface area (Å²) in [6.45, 7) is 6.04. The van der Waals surface area contributed by atoms with E-state index in [2.05, 4.69) is 0 Å². The molecule has 3 heterocycles. The third-order valence-corrected chi connectivity index (χ3v) is 6.75. The highest BCUT2D eigenvalue weighted by atomic mass is 19.2. The molecule has 0 amide bonds. The molecule has 1 aromatic heterocycles. The molecule has 0 N–H and O–H groups in total. The van der Waals surface area contributed by atoms with Crippen molar-refractivity contribution in [3.63, 3.8) is 0 Å².